The molecule has 3 nitrogen and oxygen atoms in total. The maximum absolute atomic E-state index is 4.18. The molecule has 256 valence electrons. The van der Waals surface area contributed by atoms with E-state index in [0.717, 1.165) is 28.9 Å². The standard InChI is InChI=1S/C50H41N3/c1-4-13-33(3)20-21-34(5-2)44-32-45(37-16-7-6-8-17-37)52-50(51-44)40-23-22-39-31-41(27-24-38(39)30-40)53-46-28-25-35-14-9-11-18-42(35)48(46)49-43-19-12-10-15-36(43)26-29-47(49)53/h4-12,14-32,44,50-52H,1-2,13H2,3H3/b33-20-,34-21+. The van der Waals surface area contributed by atoms with E-state index in [1.165, 1.54) is 65.3 Å². The highest BCUT2D eigenvalue weighted by molar-refractivity contribution is 6.28. The van der Waals surface area contributed by atoms with Crippen molar-refractivity contribution in [2.75, 3.05) is 0 Å². The van der Waals surface area contributed by atoms with E-state index in [2.05, 4.69) is 193 Å². The molecule has 1 aromatic heterocycles. The molecule has 8 aromatic rings. The van der Waals surface area contributed by atoms with Crippen LogP contribution in [0.2, 0.25) is 0 Å². The topological polar surface area (TPSA) is 29.0 Å². The first-order chi connectivity index (χ1) is 26.1. The maximum atomic E-state index is 4.18. The zero-order valence-electron chi connectivity index (χ0n) is 29.9. The molecule has 9 rings (SSSR count). The summed E-state index contributed by atoms with van der Waals surface area (Å²) in [5, 5.41) is 17.7. The molecule has 7 aromatic carbocycles. The van der Waals surface area contributed by atoms with Gasteiger partial charge < -0.3 is 9.88 Å². The molecule has 2 atom stereocenters. The minimum absolute atomic E-state index is 0.0257. The average molecular weight is 684 g/mol. The molecule has 0 bridgehead atoms. The second-order valence-corrected chi connectivity index (χ2v) is 14.0. The van der Waals surface area contributed by atoms with Gasteiger partial charge in [0.1, 0.15) is 6.17 Å². The fourth-order valence-electron chi connectivity index (χ4n) is 8.04. The first-order valence-electron chi connectivity index (χ1n) is 18.4. The van der Waals surface area contributed by atoms with Crippen molar-refractivity contribution in [3.05, 3.63) is 205 Å². The Balaban J connectivity index is 1.14. The van der Waals surface area contributed by atoms with E-state index < -0.39 is 0 Å². The summed E-state index contributed by atoms with van der Waals surface area (Å²) in [4.78, 5) is 0. The van der Waals surface area contributed by atoms with Crippen molar-refractivity contribution in [3.63, 3.8) is 0 Å². The minimum atomic E-state index is -0.107. The summed E-state index contributed by atoms with van der Waals surface area (Å²) in [6.07, 6.45) is 11.3. The van der Waals surface area contributed by atoms with E-state index in [9.17, 15) is 0 Å². The molecule has 1 aliphatic heterocycles. The highest BCUT2D eigenvalue weighted by Crippen LogP contribution is 2.41. The second-order valence-electron chi connectivity index (χ2n) is 14.0. The Hall–Kier alpha value is -6.42. The molecular formula is C50H41N3. The highest BCUT2D eigenvalue weighted by atomic mass is 15.2. The molecule has 2 heterocycles. The number of allylic oxidation sites excluding steroid dienone is 4. The van der Waals surface area contributed by atoms with Crippen LogP contribution in [0.15, 0.2) is 194 Å². The van der Waals surface area contributed by atoms with Crippen molar-refractivity contribution in [2.24, 2.45) is 0 Å². The number of rotatable bonds is 8. The second kappa shape index (κ2) is 13.6. The van der Waals surface area contributed by atoms with Crippen molar-refractivity contribution in [2.45, 2.75) is 25.6 Å². The zero-order valence-corrected chi connectivity index (χ0v) is 29.9. The summed E-state index contributed by atoms with van der Waals surface area (Å²) in [6, 6.07) is 50.8. The fourth-order valence-corrected chi connectivity index (χ4v) is 8.04. The van der Waals surface area contributed by atoms with E-state index in [-0.39, 0.29) is 12.2 Å². The lowest BCUT2D eigenvalue weighted by Gasteiger charge is -2.33. The van der Waals surface area contributed by atoms with Crippen LogP contribution in [0, 0.1) is 0 Å². The Morgan fingerprint density at radius 3 is 1.96 bits per heavy atom. The van der Waals surface area contributed by atoms with Gasteiger partial charge in [0.15, 0.2) is 0 Å². The number of fused-ring (bicyclic) bond motifs is 8. The summed E-state index contributed by atoms with van der Waals surface area (Å²) in [5.41, 5.74) is 9.39. The van der Waals surface area contributed by atoms with Gasteiger partial charge in [-0.25, -0.2) is 0 Å². The van der Waals surface area contributed by atoms with Crippen molar-refractivity contribution in [1.82, 2.24) is 15.2 Å². The molecule has 0 spiro atoms. The van der Waals surface area contributed by atoms with Crippen molar-refractivity contribution in [1.29, 1.82) is 0 Å². The van der Waals surface area contributed by atoms with E-state index >= 15 is 0 Å². The van der Waals surface area contributed by atoms with Gasteiger partial charge in [-0.3, -0.25) is 5.32 Å². The van der Waals surface area contributed by atoms with Crippen LogP contribution in [0.3, 0.4) is 0 Å². The van der Waals surface area contributed by atoms with Gasteiger partial charge in [-0.15, -0.1) is 6.58 Å². The number of nitrogens with one attached hydrogen (secondary N) is 2. The Labute approximate surface area is 310 Å². The molecule has 0 amide bonds. The van der Waals surface area contributed by atoms with Crippen LogP contribution in [0.25, 0.3) is 65.5 Å². The Morgan fingerprint density at radius 1 is 0.660 bits per heavy atom. The quantitative estimate of drug-likeness (QED) is 0.123. The monoisotopic (exact) mass is 683 g/mol. The molecule has 0 saturated carbocycles. The van der Waals surface area contributed by atoms with Crippen LogP contribution in [0.1, 0.15) is 30.6 Å². The van der Waals surface area contributed by atoms with Gasteiger partial charge >= 0.3 is 0 Å². The van der Waals surface area contributed by atoms with Gasteiger partial charge in [0.25, 0.3) is 0 Å². The van der Waals surface area contributed by atoms with Gasteiger partial charge in [0.2, 0.25) is 0 Å². The van der Waals surface area contributed by atoms with Gasteiger partial charge in [-0.05, 0) is 98.8 Å². The lowest BCUT2D eigenvalue weighted by Crippen LogP contribution is -2.44. The maximum Gasteiger partial charge on any atom is 0.104 e. The first kappa shape index (κ1) is 32.5. The molecule has 2 unspecified atom stereocenters. The lowest BCUT2D eigenvalue weighted by molar-refractivity contribution is 0.464. The number of hydrogen-bond donors (Lipinski definition) is 2. The number of aromatic nitrogens is 1. The smallest absolute Gasteiger partial charge is 0.104 e. The predicted octanol–water partition coefficient (Wildman–Crippen LogP) is 12.5. The van der Waals surface area contributed by atoms with E-state index in [1.54, 1.807) is 0 Å². The summed E-state index contributed by atoms with van der Waals surface area (Å²) >= 11 is 0. The molecule has 3 heteroatoms. The molecule has 0 aliphatic carbocycles. The molecule has 0 radical (unpaired) electrons. The van der Waals surface area contributed by atoms with Gasteiger partial charge in [-0.2, -0.15) is 0 Å². The molecular weight excluding hydrogens is 643 g/mol. The van der Waals surface area contributed by atoms with Gasteiger partial charge in [0.05, 0.1) is 17.1 Å². The predicted molar refractivity (Wildman–Crippen MR) is 227 cm³/mol. The van der Waals surface area contributed by atoms with Crippen molar-refractivity contribution in [3.8, 4) is 5.69 Å². The third-order valence-corrected chi connectivity index (χ3v) is 10.7. The minimum Gasteiger partial charge on any atom is -0.366 e. The Morgan fingerprint density at radius 2 is 1.28 bits per heavy atom. The lowest BCUT2D eigenvalue weighted by atomic mass is 9.96. The largest absolute Gasteiger partial charge is 0.366 e. The Bertz CT molecular complexity index is 2720. The van der Waals surface area contributed by atoms with E-state index in [0.29, 0.717) is 0 Å². The fraction of sp³-hybridized carbons (Fsp3) is 0.0800. The summed E-state index contributed by atoms with van der Waals surface area (Å²) in [6.45, 7) is 10.2. The molecule has 0 saturated heterocycles. The third kappa shape index (κ3) is 5.86. The van der Waals surface area contributed by atoms with Gasteiger partial charge in [0, 0.05) is 22.2 Å². The van der Waals surface area contributed by atoms with Crippen LogP contribution < -0.4 is 10.6 Å². The molecule has 53 heavy (non-hydrogen) atoms. The number of benzene rings is 7. The molecule has 1 aliphatic rings. The van der Waals surface area contributed by atoms with Gasteiger partial charge in [-0.1, -0.05) is 146 Å². The zero-order chi connectivity index (χ0) is 35.9. The van der Waals surface area contributed by atoms with Crippen LogP contribution in [-0.2, 0) is 0 Å². The third-order valence-electron chi connectivity index (χ3n) is 10.7. The summed E-state index contributed by atoms with van der Waals surface area (Å²) < 4.78 is 2.44. The van der Waals surface area contributed by atoms with Crippen LogP contribution in [0.4, 0.5) is 0 Å². The first-order valence-corrected chi connectivity index (χ1v) is 18.4. The normalized spacial score (nSPS) is 16.7. The van der Waals surface area contributed by atoms with E-state index in [4.69, 9.17) is 0 Å². The Kier molecular flexibility index (Phi) is 8.34. The number of hydrogen-bond acceptors (Lipinski definition) is 2. The SMILES string of the molecule is C=CC/C(C)=C\C=C(/C=C)C1C=C(c2ccccc2)NC(c2ccc3cc(-n4c5ccc6ccccc6c5c5c6ccccc6ccc54)ccc3c2)N1. The highest BCUT2D eigenvalue weighted by Gasteiger charge is 2.25. The van der Waals surface area contributed by atoms with Crippen molar-refractivity contribution < 1.29 is 0 Å². The van der Waals surface area contributed by atoms with Crippen molar-refractivity contribution >= 4 is 59.8 Å². The number of nitrogens with zero attached hydrogens (tertiary/aromatic N) is 1. The van der Waals surface area contributed by atoms with Crippen LogP contribution in [-0.4, -0.2) is 10.6 Å². The van der Waals surface area contributed by atoms with Crippen LogP contribution >= 0.6 is 0 Å². The molecule has 0 fully saturated rings. The van der Waals surface area contributed by atoms with Crippen LogP contribution in [0.5, 0.6) is 0 Å². The molecule has 2 N–H and O–H groups in total. The summed E-state index contributed by atoms with van der Waals surface area (Å²) in [5.74, 6) is 0. The van der Waals surface area contributed by atoms with E-state index in [1.807, 2.05) is 12.2 Å². The average Bonchev–Trinajstić information content (AvgIpc) is 3.56. The summed E-state index contributed by atoms with van der Waals surface area (Å²) in [7, 11) is 0.